The molecule has 4 N–H and O–H groups in total. The van der Waals surface area contributed by atoms with Crippen LogP contribution in [0.15, 0.2) is 84.9 Å². The molecular weight excluding hydrogens is 535 g/mol. The third kappa shape index (κ3) is 6.87. The average Bonchev–Trinajstić information content (AvgIpc) is 2.82. The summed E-state index contributed by atoms with van der Waals surface area (Å²) in [6, 6.07) is 21.9. The van der Waals surface area contributed by atoms with Crippen LogP contribution in [-0.4, -0.2) is 40.1 Å². The van der Waals surface area contributed by atoms with Crippen LogP contribution in [-0.2, 0) is 16.0 Å². The van der Waals surface area contributed by atoms with Crippen molar-refractivity contribution < 1.29 is 24.6 Å². The SMILES string of the molecule is O=C(N[C@@H](c1ccccc1)[C@@H](O)C(=O)N[C@@H](Cc1cccc(I)c1)C(=O)O)c1ccccc1. The Morgan fingerprint density at radius 1 is 0.848 bits per heavy atom. The molecule has 0 aliphatic carbocycles. The molecule has 0 saturated carbocycles. The fraction of sp³-hybridized carbons (Fsp3) is 0.160. The number of aliphatic hydroxyl groups is 1. The molecule has 0 spiro atoms. The molecule has 2 amide bonds. The van der Waals surface area contributed by atoms with Gasteiger partial charge in [0.25, 0.3) is 11.8 Å². The monoisotopic (exact) mass is 558 g/mol. The number of carboxylic acids is 1. The lowest BCUT2D eigenvalue weighted by molar-refractivity contribution is -0.143. The number of carboxylic acid groups (broad SMARTS) is 1. The van der Waals surface area contributed by atoms with E-state index in [0.29, 0.717) is 11.1 Å². The summed E-state index contributed by atoms with van der Waals surface area (Å²) in [4.78, 5) is 37.4. The summed E-state index contributed by atoms with van der Waals surface area (Å²) in [6.07, 6.45) is -1.66. The lowest BCUT2D eigenvalue weighted by atomic mass is 9.99. The quantitative estimate of drug-likeness (QED) is 0.302. The van der Waals surface area contributed by atoms with Crippen LogP contribution in [0.4, 0.5) is 0 Å². The van der Waals surface area contributed by atoms with Crippen LogP contribution in [0.2, 0.25) is 0 Å². The van der Waals surface area contributed by atoms with Crippen LogP contribution >= 0.6 is 22.6 Å². The van der Waals surface area contributed by atoms with E-state index in [9.17, 15) is 24.6 Å². The van der Waals surface area contributed by atoms with E-state index in [-0.39, 0.29) is 6.42 Å². The lowest BCUT2D eigenvalue weighted by Gasteiger charge is -2.25. The summed E-state index contributed by atoms with van der Waals surface area (Å²) in [5.41, 5.74) is 1.61. The number of aliphatic hydroxyl groups excluding tert-OH is 1. The number of aliphatic carboxylic acids is 1. The molecule has 0 aromatic heterocycles. The van der Waals surface area contributed by atoms with Crippen LogP contribution < -0.4 is 10.6 Å². The van der Waals surface area contributed by atoms with Crippen molar-refractivity contribution in [2.45, 2.75) is 24.6 Å². The Morgan fingerprint density at radius 3 is 2.09 bits per heavy atom. The predicted octanol–water partition coefficient (Wildman–Crippen LogP) is 2.94. The molecule has 0 unspecified atom stereocenters. The zero-order valence-electron chi connectivity index (χ0n) is 17.5. The number of carbonyl (C=O) groups excluding carboxylic acids is 2. The summed E-state index contributed by atoms with van der Waals surface area (Å²) in [6.45, 7) is 0. The van der Waals surface area contributed by atoms with E-state index < -0.39 is 36.0 Å². The van der Waals surface area contributed by atoms with Gasteiger partial charge in [0, 0.05) is 15.6 Å². The minimum Gasteiger partial charge on any atom is -0.480 e. The van der Waals surface area contributed by atoms with Crippen molar-refractivity contribution in [1.82, 2.24) is 10.6 Å². The Labute approximate surface area is 205 Å². The van der Waals surface area contributed by atoms with Crippen molar-refractivity contribution in [2.24, 2.45) is 0 Å². The average molecular weight is 558 g/mol. The normalized spacial score (nSPS) is 13.4. The van der Waals surface area contributed by atoms with Crippen LogP contribution in [0, 0.1) is 3.57 Å². The van der Waals surface area contributed by atoms with Gasteiger partial charge in [0.1, 0.15) is 6.04 Å². The Bertz CT molecular complexity index is 1110. The van der Waals surface area contributed by atoms with E-state index in [2.05, 4.69) is 33.2 Å². The Kier molecular flexibility index (Phi) is 8.56. The molecule has 3 aromatic carbocycles. The Balaban J connectivity index is 1.79. The van der Waals surface area contributed by atoms with Gasteiger partial charge in [-0.25, -0.2) is 4.79 Å². The fourth-order valence-electron chi connectivity index (χ4n) is 3.33. The second kappa shape index (κ2) is 11.6. The lowest BCUT2D eigenvalue weighted by Crippen LogP contribution is -2.50. The highest BCUT2D eigenvalue weighted by atomic mass is 127. The standard InChI is InChI=1S/C25H23IN2O5/c26-19-13-7-8-16(14-19)15-20(25(32)33)27-24(31)22(29)21(17-9-3-1-4-10-17)28-23(30)18-11-5-2-6-12-18/h1-14,20-22,29H,15H2,(H,27,31)(H,28,30)(H,32,33)/t20-,21-,22+/m0/s1. The van der Waals surface area contributed by atoms with Gasteiger partial charge in [-0.1, -0.05) is 60.7 Å². The van der Waals surface area contributed by atoms with Gasteiger partial charge in [0.05, 0.1) is 6.04 Å². The number of nitrogens with one attached hydrogen (secondary N) is 2. The Morgan fingerprint density at radius 2 is 1.48 bits per heavy atom. The number of carbonyl (C=O) groups is 3. The summed E-state index contributed by atoms with van der Waals surface area (Å²) < 4.78 is 0.938. The molecule has 170 valence electrons. The number of rotatable bonds is 9. The van der Waals surface area contributed by atoms with Crippen molar-refractivity contribution in [2.75, 3.05) is 0 Å². The second-order valence-corrected chi connectivity index (χ2v) is 8.65. The topological polar surface area (TPSA) is 116 Å². The molecule has 0 fully saturated rings. The molecule has 0 bridgehead atoms. The first-order valence-corrected chi connectivity index (χ1v) is 11.3. The van der Waals surface area contributed by atoms with Crippen molar-refractivity contribution in [1.29, 1.82) is 0 Å². The maximum absolute atomic E-state index is 12.9. The molecular formula is C25H23IN2O5. The second-order valence-electron chi connectivity index (χ2n) is 7.41. The predicted molar refractivity (Wildman–Crippen MR) is 132 cm³/mol. The molecule has 33 heavy (non-hydrogen) atoms. The van der Waals surface area contributed by atoms with Gasteiger partial charge in [-0.05, 0) is 58.0 Å². The minimum atomic E-state index is -1.71. The molecule has 3 atom stereocenters. The highest BCUT2D eigenvalue weighted by molar-refractivity contribution is 14.1. The van der Waals surface area contributed by atoms with Crippen LogP contribution in [0.1, 0.15) is 27.5 Å². The first-order chi connectivity index (χ1) is 15.8. The van der Waals surface area contributed by atoms with Gasteiger partial charge in [-0.2, -0.15) is 0 Å². The summed E-state index contributed by atoms with van der Waals surface area (Å²) in [5.74, 6) is -2.58. The summed E-state index contributed by atoms with van der Waals surface area (Å²) in [7, 11) is 0. The summed E-state index contributed by atoms with van der Waals surface area (Å²) >= 11 is 2.12. The zero-order valence-corrected chi connectivity index (χ0v) is 19.7. The molecule has 0 radical (unpaired) electrons. The van der Waals surface area contributed by atoms with Crippen LogP contribution in [0.5, 0.6) is 0 Å². The van der Waals surface area contributed by atoms with Gasteiger partial charge in [0.2, 0.25) is 0 Å². The number of hydrogen-bond donors (Lipinski definition) is 4. The van der Waals surface area contributed by atoms with Gasteiger partial charge >= 0.3 is 5.97 Å². The Hall–Kier alpha value is -3.24. The number of halogens is 1. The number of amides is 2. The van der Waals surface area contributed by atoms with E-state index in [1.54, 1.807) is 72.8 Å². The van der Waals surface area contributed by atoms with E-state index in [4.69, 9.17) is 0 Å². The van der Waals surface area contributed by atoms with Crippen molar-refractivity contribution in [3.63, 3.8) is 0 Å². The smallest absolute Gasteiger partial charge is 0.326 e. The third-order valence-corrected chi connectivity index (χ3v) is 5.68. The molecule has 0 aliphatic rings. The summed E-state index contributed by atoms with van der Waals surface area (Å²) in [5, 5.41) is 25.6. The molecule has 0 saturated heterocycles. The first kappa shape index (κ1) is 24.4. The van der Waals surface area contributed by atoms with Crippen LogP contribution in [0.3, 0.4) is 0 Å². The van der Waals surface area contributed by atoms with Gasteiger partial charge in [-0.3, -0.25) is 9.59 Å². The van der Waals surface area contributed by atoms with Gasteiger partial charge in [0.15, 0.2) is 6.10 Å². The zero-order chi connectivity index (χ0) is 23.8. The maximum Gasteiger partial charge on any atom is 0.326 e. The molecule has 0 aliphatic heterocycles. The third-order valence-electron chi connectivity index (χ3n) is 5.01. The van der Waals surface area contributed by atoms with E-state index in [0.717, 1.165) is 9.13 Å². The van der Waals surface area contributed by atoms with E-state index in [1.165, 1.54) is 0 Å². The highest BCUT2D eigenvalue weighted by Crippen LogP contribution is 2.19. The van der Waals surface area contributed by atoms with E-state index >= 15 is 0 Å². The van der Waals surface area contributed by atoms with Crippen molar-refractivity contribution in [3.8, 4) is 0 Å². The maximum atomic E-state index is 12.9. The minimum absolute atomic E-state index is 0.0526. The van der Waals surface area contributed by atoms with Crippen molar-refractivity contribution >= 4 is 40.4 Å². The van der Waals surface area contributed by atoms with Gasteiger partial charge < -0.3 is 20.8 Å². The molecule has 3 rings (SSSR count). The fourth-order valence-corrected chi connectivity index (χ4v) is 3.93. The number of benzene rings is 3. The van der Waals surface area contributed by atoms with Crippen molar-refractivity contribution in [3.05, 3.63) is 105 Å². The molecule has 0 heterocycles. The van der Waals surface area contributed by atoms with E-state index in [1.807, 2.05) is 12.1 Å². The number of hydrogen-bond acceptors (Lipinski definition) is 4. The highest BCUT2D eigenvalue weighted by Gasteiger charge is 2.32. The largest absolute Gasteiger partial charge is 0.480 e. The first-order valence-electron chi connectivity index (χ1n) is 10.2. The molecule has 8 heteroatoms. The molecule has 3 aromatic rings. The van der Waals surface area contributed by atoms with Crippen LogP contribution in [0.25, 0.3) is 0 Å². The molecule has 7 nitrogen and oxygen atoms in total. The van der Waals surface area contributed by atoms with Gasteiger partial charge in [-0.15, -0.1) is 0 Å².